The Bertz CT molecular complexity index is 775. The van der Waals surface area contributed by atoms with Crippen molar-refractivity contribution < 1.29 is 14.3 Å². The highest BCUT2D eigenvalue weighted by molar-refractivity contribution is 6.07. The van der Waals surface area contributed by atoms with Gasteiger partial charge >= 0.3 is 5.97 Å². The quantitative estimate of drug-likeness (QED) is 0.784. The molecule has 0 saturated heterocycles. The summed E-state index contributed by atoms with van der Waals surface area (Å²) in [5, 5.41) is 5.79. The van der Waals surface area contributed by atoms with Gasteiger partial charge in [0.15, 0.2) is 0 Å². The second kappa shape index (κ2) is 8.23. The molecule has 0 aliphatic carbocycles. The van der Waals surface area contributed by atoms with Crippen molar-refractivity contribution in [3.05, 3.63) is 47.3 Å². The van der Waals surface area contributed by atoms with Crippen LogP contribution >= 0.6 is 0 Å². The van der Waals surface area contributed by atoms with Crippen LogP contribution in [0.5, 0.6) is 0 Å². The van der Waals surface area contributed by atoms with E-state index in [0.29, 0.717) is 22.9 Å². The molecule has 2 N–H and O–H groups in total. The number of hydrogen-bond donors (Lipinski definition) is 2. The van der Waals surface area contributed by atoms with Crippen LogP contribution in [-0.2, 0) is 4.74 Å². The molecule has 0 fully saturated rings. The van der Waals surface area contributed by atoms with Crippen molar-refractivity contribution in [2.45, 2.75) is 33.7 Å². The number of ether oxygens (including phenoxy) is 1. The lowest BCUT2D eigenvalue weighted by atomic mass is 10.1. The van der Waals surface area contributed by atoms with Crippen molar-refractivity contribution >= 4 is 23.5 Å². The third-order valence-corrected chi connectivity index (χ3v) is 3.18. The fourth-order valence-corrected chi connectivity index (χ4v) is 2.17. The summed E-state index contributed by atoms with van der Waals surface area (Å²) >= 11 is 0. The Morgan fingerprint density at radius 1 is 1.20 bits per heavy atom. The maximum Gasteiger partial charge on any atom is 0.340 e. The van der Waals surface area contributed by atoms with Crippen LogP contribution in [0.3, 0.4) is 0 Å². The number of carbonyl (C=O) groups excluding carboxylic acids is 2. The first kappa shape index (κ1) is 18.4. The van der Waals surface area contributed by atoms with Crippen LogP contribution in [-0.4, -0.2) is 34.5 Å². The molecule has 0 spiro atoms. The normalized spacial score (nSPS) is 10.4. The minimum atomic E-state index is -0.487. The van der Waals surface area contributed by atoms with Crippen LogP contribution in [0.1, 0.15) is 47.3 Å². The number of amides is 1. The molecule has 0 aliphatic rings. The number of esters is 1. The minimum Gasteiger partial charge on any atom is -0.462 e. The van der Waals surface area contributed by atoms with Gasteiger partial charge in [0.1, 0.15) is 5.69 Å². The highest BCUT2D eigenvalue weighted by atomic mass is 16.5. The Labute approximate surface area is 146 Å². The van der Waals surface area contributed by atoms with E-state index in [-0.39, 0.29) is 18.3 Å². The summed E-state index contributed by atoms with van der Waals surface area (Å²) in [5.41, 5.74) is 1.56. The van der Waals surface area contributed by atoms with Gasteiger partial charge < -0.3 is 15.4 Å². The number of hydrogen-bond acceptors (Lipinski definition) is 6. The average Bonchev–Trinajstić information content (AvgIpc) is 2.54. The second-order valence-corrected chi connectivity index (χ2v) is 5.74. The van der Waals surface area contributed by atoms with Gasteiger partial charge in [0.05, 0.1) is 17.9 Å². The fourth-order valence-electron chi connectivity index (χ4n) is 2.17. The Morgan fingerprint density at radius 3 is 2.60 bits per heavy atom. The Kier molecular flexibility index (Phi) is 6.05. The zero-order chi connectivity index (χ0) is 18.4. The van der Waals surface area contributed by atoms with E-state index in [9.17, 15) is 9.59 Å². The van der Waals surface area contributed by atoms with Gasteiger partial charge in [-0.15, -0.1) is 0 Å². The van der Waals surface area contributed by atoms with Crippen LogP contribution in [0.15, 0.2) is 30.3 Å². The third-order valence-electron chi connectivity index (χ3n) is 3.18. The van der Waals surface area contributed by atoms with Crippen LogP contribution in [0.4, 0.5) is 11.6 Å². The highest BCUT2D eigenvalue weighted by Gasteiger charge is 2.16. The predicted octanol–water partition coefficient (Wildman–Crippen LogP) is 3.03. The van der Waals surface area contributed by atoms with E-state index in [0.717, 1.165) is 0 Å². The number of benzene rings is 1. The number of aromatic nitrogens is 2. The zero-order valence-corrected chi connectivity index (χ0v) is 14.8. The summed E-state index contributed by atoms with van der Waals surface area (Å²) in [5.74, 6) is -0.521. The predicted molar refractivity (Wildman–Crippen MR) is 95.9 cm³/mol. The smallest absolute Gasteiger partial charge is 0.340 e. The molecule has 25 heavy (non-hydrogen) atoms. The molecule has 7 heteroatoms. The molecule has 2 aromatic rings. The topological polar surface area (TPSA) is 93.2 Å². The number of anilines is 2. The second-order valence-electron chi connectivity index (χ2n) is 5.74. The van der Waals surface area contributed by atoms with Crippen molar-refractivity contribution in [1.82, 2.24) is 9.97 Å². The molecule has 7 nitrogen and oxygen atoms in total. The van der Waals surface area contributed by atoms with Gasteiger partial charge in [-0.1, -0.05) is 12.1 Å². The summed E-state index contributed by atoms with van der Waals surface area (Å²) in [6.45, 7) is 7.70. The van der Waals surface area contributed by atoms with Crippen LogP contribution in [0, 0.1) is 6.92 Å². The van der Waals surface area contributed by atoms with E-state index in [4.69, 9.17) is 4.74 Å². The molecule has 2 rings (SSSR count). The van der Waals surface area contributed by atoms with E-state index < -0.39 is 11.9 Å². The molecule has 1 aromatic heterocycles. The Morgan fingerprint density at radius 2 is 1.92 bits per heavy atom. The molecule has 0 radical (unpaired) electrons. The molecule has 0 bridgehead atoms. The highest BCUT2D eigenvalue weighted by Crippen LogP contribution is 2.17. The Hall–Kier alpha value is -2.96. The van der Waals surface area contributed by atoms with Gasteiger partial charge in [0.2, 0.25) is 5.95 Å². The molecular formula is C18H22N4O3. The SMILES string of the molecule is CCOC(=O)c1ccccc1NC(=O)c1cc(C)nc(NC(C)C)n1. The summed E-state index contributed by atoms with van der Waals surface area (Å²) in [6.07, 6.45) is 0. The van der Waals surface area contributed by atoms with Gasteiger partial charge in [-0.3, -0.25) is 4.79 Å². The molecule has 1 aromatic carbocycles. The number of nitrogens with zero attached hydrogens (tertiary/aromatic N) is 2. The van der Waals surface area contributed by atoms with E-state index >= 15 is 0 Å². The van der Waals surface area contributed by atoms with Gasteiger partial charge in [-0.2, -0.15) is 0 Å². The third kappa shape index (κ3) is 5.00. The molecule has 1 amide bonds. The van der Waals surface area contributed by atoms with Crippen LogP contribution in [0.25, 0.3) is 0 Å². The molecule has 0 aliphatic heterocycles. The monoisotopic (exact) mass is 342 g/mol. The van der Waals surface area contributed by atoms with Crippen LogP contribution in [0.2, 0.25) is 0 Å². The lowest BCUT2D eigenvalue weighted by Crippen LogP contribution is -2.19. The summed E-state index contributed by atoms with van der Waals surface area (Å²) < 4.78 is 5.01. The summed E-state index contributed by atoms with van der Waals surface area (Å²) in [4.78, 5) is 33.0. The first-order chi connectivity index (χ1) is 11.9. The van der Waals surface area contributed by atoms with Crippen molar-refractivity contribution in [3.8, 4) is 0 Å². The van der Waals surface area contributed by atoms with Crippen molar-refractivity contribution in [1.29, 1.82) is 0 Å². The van der Waals surface area contributed by atoms with Gasteiger partial charge in [-0.05, 0) is 45.9 Å². The average molecular weight is 342 g/mol. The molecule has 0 atom stereocenters. The molecule has 132 valence electrons. The van der Waals surface area contributed by atoms with E-state index in [1.54, 1.807) is 44.2 Å². The molecule has 0 unspecified atom stereocenters. The number of nitrogens with one attached hydrogen (secondary N) is 2. The van der Waals surface area contributed by atoms with Crippen molar-refractivity contribution in [2.24, 2.45) is 0 Å². The van der Waals surface area contributed by atoms with Crippen molar-refractivity contribution in [3.63, 3.8) is 0 Å². The maximum absolute atomic E-state index is 12.6. The lowest BCUT2D eigenvalue weighted by Gasteiger charge is -2.12. The maximum atomic E-state index is 12.6. The molecule has 0 saturated carbocycles. The first-order valence-corrected chi connectivity index (χ1v) is 8.10. The number of para-hydroxylation sites is 1. The molecular weight excluding hydrogens is 320 g/mol. The van der Waals surface area contributed by atoms with E-state index in [1.807, 2.05) is 13.8 Å². The van der Waals surface area contributed by atoms with E-state index in [1.165, 1.54) is 0 Å². The standard InChI is InChI=1S/C18H22N4O3/c1-5-25-17(24)13-8-6-7-9-14(13)21-16(23)15-10-12(4)20-18(22-15)19-11(2)3/h6-11H,5H2,1-4H3,(H,21,23)(H,19,20,22). The van der Waals surface area contributed by atoms with Gasteiger partial charge in [-0.25, -0.2) is 14.8 Å². The minimum absolute atomic E-state index is 0.141. The van der Waals surface area contributed by atoms with E-state index in [2.05, 4.69) is 20.6 Å². The summed E-state index contributed by atoms with van der Waals surface area (Å²) in [6, 6.07) is 8.42. The fraction of sp³-hybridized carbons (Fsp3) is 0.333. The number of carbonyl (C=O) groups is 2. The molecule has 1 heterocycles. The van der Waals surface area contributed by atoms with Crippen LogP contribution < -0.4 is 10.6 Å². The number of rotatable bonds is 6. The Balaban J connectivity index is 2.26. The number of aryl methyl sites for hydroxylation is 1. The van der Waals surface area contributed by atoms with Gasteiger partial charge in [0.25, 0.3) is 5.91 Å². The van der Waals surface area contributed by atoms with Gasteiger partial charge in [0, 0.05) is 11.7 Å². The zero-order valence-electron chi connectivity index (χ0n) is 14.8. The first-order valence-electron chi connectivity index (χ1n) is 8.10. The largest absolute Gasteiger partial charge is 0.462 e. The summed E-state index contributed by atoms with van der Waals surface area (Å²) in [7, 11) is 0. The lowest BCUT2D eigenvalue weighted by molar-refractivity contribution is 0.0527. The van der Waals surface area contributed by atoms with Crippen molar-refractivity contribution in [2.75, 3.05) is 17.2 Å².